The molecule has 1 aromatic heterocycles. The number of rotatable bonds is 5. The van der Waals surface area contributed by atoms with Gasteiger partial charge in [0.15, 0.2) is 11.5 Å². The third-order valence-electron chi connectivity index (χ3n) is 6.63. The average molecular weight is 512 g/mol. The number of nitrogens with zero attached hydrogens (tertiary/aromatic N) is 1. The minimum Gasteiger partial charge on any atom is -0.486 e. The maximum absolute atomic E-state index is 13.3. The van der Waals surface area contributed by atoms with Gasteiger partial charge in [0.25, 0.3) is 5.91 Å². The van der Waals surface area contributed by atoms with Crippen LogP contribution in [0.1, 0.15) is 30.6 Å². The number of H-pyrrole nitrogens is 1. The van der Waals surface area contributed by atoms with Gasteiger partial charge in [-0.3, -0.25) is 9.59 Å². The van der Waals surface area contributed by atoms with Crippen molar-refractivity contribution in [2.24, 2.45) is 11.8 Å². The van der Waals surface area contributed by atoms with Crippen molar-refractivity contribution in [2.45, 2.75) is 31.3 Å². The number of aromatic nitrogens is 1. The number of amides is 1. The highest BCUT2D eigenvalue weighted by Gasteiger charge is 2.32. The largest absolute Gasteiger partial charge is 0.486 e. The van der Waals surface area contributed by atoms with Gasteiger partial charge in [-0.05, 0) is 48.6 Å². The third-order valence-corrected chi connectivity index (χ3v) is 8.46. The molecule has 2 N–H and O–H groups in total. The zero-order chi connectivity index (χ0) is 25.4. The monoisotopic (exact) mass is 511 g/mol. The smallest absolute Gasteiger partial charge is 0.256 e. The first-order chi connectivity index (χ1) is 17.2. The van der Waals surface area contributed by atoms with Gasteiger partial charge < -0.3 is 19.8 Å². The number of pyridine rings is 1. The van der Waals surface area contributed by atoms with Gasteiger partial charge in [-0.2, -0.15) is 4.31 Å². The quantitative estimate of drug-likeness (QED) is 0.544. The maximum atomic E-state index is 13.3. The fraction of sp³-hybridized carbons (Fsp3) is 0.385. The Bertz CT molecular complexity index is 1460. The summed E-state index contributed by atoms with van der Waals surface area (Å²) in [7, 11) is -3.77. The van der Waals surface area contributed by atoms with Gasteiger partial charge in [-0.25, -0.2) is 8.42 Å². The average Bonchev–Trinajstić information content (AvgIpc) is 2.86. The van der Waals surface area contributed by atoms with Crippen molar-refractivity contribution in [3.05, 3.63) is 64.4 Å². The van der Waals surface area contributed by atoms with E-state index in [1.54, 1.807) is 18.2 Å². The van der Waals surface area contributed by atoms with Crippen LogP contribution in [0.15, 0.2) is 58.4 Å². The number of para-hydroxylation sites is 2. The lowest BCUT2D eigenvalue weighted by molar-refractivity contribution is 0.0788. The number of piperidine rings is 1. The molecule has 2 aliphatic heterocycles. The zero-order valence-corrected chi connectivity index (χ0v) is 21.0. The van der Waals surface area contributed by atoms with Gasteiger partial charge in [0.2, 0.25) is 15.5 Å². The molecule has 1 saturated heterocycles. The minimum absolute atomic E-state index is 0.0470. The number of nitrogens with one attached hydrogen (secondary N) is 2. The van der Waals surface area contributed by atoms with Crippen LogP contribution in [0, 0.1) is 11.8 Å². The van der Waals surface area contributed by atoms with Crippen LogP contribution in [0.2, 0.25) is 0 Å². The van der Waals surface area contributed by atoms with Gasteiger partial charge in [-0.15, -0.1) is 0 Å². The van der Waals surface area contributed by atoms with E-state index in [2.05, 4.69) is 10.3 Å². The summed E-state index contributed by atoms with van der Waals surface area (Å²) in [6, 6.07) is 11.7. The molecule has 3 unspecified atom stereocenters. The number of aromatic amines is 1. The zero-order valence-electron chi connectivity index (χ0n) is 20.2. The minimum atomic E-state index is -3.77. The van der Waals surface area contributed by atoms with Crippen LogP contribution in [0.3, 0.4) is 0 Å². The van der Waals surface area contributed by atoms with Gasteiger partial charge in [0.05, 0.1) is 11.4 Å². The molecule has 0 bridgehead atoms. The SMILES string of the molecule is CC1CC(C)CN(S(=O)(=O)c2ccc3[nH]cc(C(=O)NCC4COc5ccccc5O4)c(=O)c3c2)C1. The Hall–Kier alpha value is -3.37. The van der Waals surface area contributed by atoms with Crippen molar-refractivity contribution in [3.8, 4) is 11.5 Å². The number of ether oxygens (including phenoxy) is 2. The fourth-order valence-electron chi connectivity index (χ4n) is 4.94. The lowest BCUT2D eigenvalue weighted by Gasteiger charge is -2.34. The highest BCUT2D eigenvalue weighted by molar-refractivity contribution is 7.89. The van der Waals surface area contributed by atoms with Crippen molar-refractivity contribution < 1.29 is 22.7 Å². The van der Waals surface area contributed by atoms with Gasteiger partial charge >= 0.3 is 0 Å². The Morgan fingerprint density at radius 2 is 1.83 bits per heavy atom. The molecular formula is C26H29N3O6S. The molecule has 190 valence electrons. The molecule has 36 heavy (non-hydrogen) atoms. The molecule has 0 saturated carbocycles. The van der Waals surface area contributed by atoms with E-state index in [9.17, 15) is 18.0 Å². The lowest BCUT2D eigenvalue weighted by atomic mass is 9.94. The summed E-state index contributed by atoms with van der Waals surface area (Å²) < 4.78 is 39.6. The summed E-state index contributed by atoms with van der Waals surface area (Å²) in [5, 5.41) is 2.87. The van der Waals surface area contributed by atoms with Crippen molar-refractivity contribution in [3.63, 3.8) is 0 Å². The Morgan fingerprint density at radius 1 is 1.11 bits per heavy atom. The topological polar surface area (TPSA) is 118 Å². The number of hydrogen-bond acceptors (Lipinski definition) is 6. The molecule has 0 spiro atoms. The van der Waals surface area contributed by atoms with Crippen LogP contribution in [-0.2, 0) is 10.0 Å². The number of fused-ring (bicyclic) bond motifs is 2. The Kier molecular flexibility index (Phi) is 6.48. The van der Waals surface area contributed by atoms with Crippen LogP contribution >= 0.6 is 0 Å². The van der Waals surface area contributed by atoms with Crippen LogP contribution in [-0.4, -0.2) is 56.0 Å². The lowest BCUT2D eigenvalue weighted by Crippen LogP contribution is -2.42. The van der Waals surface area contributed by atoms with E-state index >= 15 is 0 Å². The number of benzene rings is 2. The summed E-state index contributed by atoms with van der Waals surface area (Å²) in [6.45, 7) is 5.38. The Labute approximate surface area is 209 Å². The van der Waals surface area contributed by atoms with E-state index in [1.165, 1.54) is 22.6 Å². The second-order valence-corrected chi connectivity index (χ2v) is 11.7. The molecule has 3 atom stereocenters. The molecule has 5 rings (SSSR count). The molecule has 10 heteroatoms. The predicted octanol–water partition coefficient (Wildman–Crippen LogP) is 2.76. The van der Waals surface area contributed by atoms with Gasteiger partial charge in [-0.1, -0.05) is 26.0 Å². The predicted molar refractivity (Wildman–Crippen MR) is 135 cm³/mol. The summed E-state index contributed by atoms with van der Waals surface area (Å²) in [6.07, 6.45) is 1.91. The van der Waals surface area contributed by atoms with E-state index in [4.69, 9.17) is 9.47 Å². The van der Waals surface area contributed by atoms with Gasteiger partial charge in [0, 0.05) is 30.2 Å². The van der Waals surface area contributed by atoms with Crippen molar-refractivity contribution in [1.82, 2.24) is 14.6 Å². The third kappa shape index (κ3) is 4.70. The first kappa shape index (κ1) is 24.3. The molecule has 3 heterocycles. The van der Waals surface area contributed by atoms with Crippen LogP contribution in [0.4, 0.5) is 0 Å². The van der Waals surface area contributed by atoms with E-state index in [0.717, 1.165) is 6.42 Å². The maximum Gasteiger partial charge on any atom is 0.256 e. The molecule has 2 aromatic carbocycles. The highest BCUT2D eigenvalue weighted by Crippen LogP contribution is 2.31. The molecule has 3 aromatic rings. The first-order valence-corrected chi connectivity index (χ1v) is 13.5. The molecule has 9 nitrogen and oxygen atoms in total. The summed E-state index contributed by atoms with van der Waals surface area (Å²) in [5.41, 5.74) is -0.185. The van der Waals surface area contributed by atoms with Crippen molar-refractivity contribution in [1.29, 1.82) is 0 Å². The number of sulfonamides is 1. The number of hydrogen-bond donors (Lipinski definition) is 2. The fourth-order valence-corrected chi connectivity index (χ4v) is 6.65. The van der Waals surface area contributed by atoms with Gasteiger partial charge in [0.1, 0.15) is 18.3 Å². The van der Waals surface area contributed by atoms with Crippen LogP contribution < -0.4 is 20.2 Å². The van der Waals surface area contributed by atoms with E-state index in [1.807, 2.05) is 26.0 Å². The molecule has 2 aliphatic rings. The summed E-state index contributed by atoms with van der Waals surface area (Å²) in [4.78, 5) is 29.0. The molecule has 0 aliphatic carbocycles. The molecule has 1 fully saturated rings. The first-order valence-electron chi connectivity index (χ1n) is 12.0. The second-order valence-electron chi connectivity index (χ2n) is 9.71. The van der Waals surface area contributed by atoms with Crippen LogP contribution in [0.5, 0.6) is 11.5 Å². The molecule has 0 radical (unpaired) electrons. The Balaban J connectivity index is 1.35. The van der Waals surface area contributed by atoms with E-state index < -0.39 is 27.5 Å². The van der Waals surface area contributed by atoms with Crippen molar-refractivity contribution in [2.75, 3.05) is 26.2 Å². The molecule has 1 amide bonds. The summed E-state index contributed by atoms with van der Waals surface area (Å²) in [5.74, 6) is 1.18. The number of carbonyl (C=O) groups is 1. The van der Waals surface area contributed by atoms with Crippen LogP contribution in [0.25, 0.3) is 10.9 Å². The normalized spacial score (nSPS) is 22.3. The Morgan fingerprint density at radius 3 is 2.58 bits per heavy atom. The van der Waals surface area contributed by atoms with E-state index in [0.29, 0.717) is 30.1 Å². The van der Waals surface area contributed by atoms with Crippen molar-refractivity contribution >= 4 is 26.8 Å². The van der Waals surface area contributed by atoms with E-state index in [-0.39, 0.29) is 40.8 Å². The second kappa shape index (κ2) is 9.59. The molecular weight excluding hydrogens is 482 g/mol. The standard InChI is InChI=1S/C26H29N3O6S/c1-16-9-17(2)14-29(13-16)36(32,33)19-7-8-22-20(10-19)25(30)21(12-27-22)26(31)28-11-18-15-34-23-5-3-4-6-24(23)35-18/h3-8,10,12,16-18H,9,11,13-15H2,1-2H3,(H,27,30)(H,28,31). The summed E-state index contributed by atoms with van der Waals surface area (Å²) >= 11 is 0. The number of carbonyl (C=O) groups excluding carboxylic acids is 1. The highest BCUT2D eigenvalue weighted by atomic mass is 32.2.